The van der Waals surface area contributed by atoms with Crippen LogP contribution in [-0.4, -0.2) is 19.1 Å². The summed E-state index contributed by atoms with van der Waals surface area (Å²) in [7, 11) is 0. The van der Waals surface area contributed by atoms with Crippen LogP contribution >= 0.6 is 0 Å². The van der Waals surface area contributed by atoms with Gasteiger partial charge in [-0.05, 0) is 23.3 Å². The van der Waals surface area contributed by atoms with Crippen molar-refractivity contribution in [3.05, 3.63) is 54.1 Å². The van der Waals surface area contributed by atoms with Gasteiger partial charge in [0.25, 0.3) is 5.91 Å². The van der Waals surface area contributed by atoms with Crippen LogP contribution in [0.4, 0.5) is 0 Å². The number of amides is 1. The van der Waals surface area contributed by atoms with Crippen LogP contribution in [0, 0.1) is 0 Å². The summed E-state index contributed by atoms with van der Waals surface area (Å²) in [5, 5.41) is 2.82. The molecule has 0 aliphatic carbocycles. The van der Waals surface area contributed by atoms with Gasteiger partial charge in [-0.3, -0.25) is 4.79 Å². The molecule has 0 bridgehead atoms. The van der Waals surface area contributed by atoms with E-state index in [0.29, 0.717) is 24.5 Å². The topological polar surface area (TPSA) is 38.3 Å². The smallest absolute Gasteiger partial charge is 0.255 e. The Morgan fingerprint density at radius 2 is 1.75 bits per heavy atom. The van der Waals surface area contributed by atoms with Gasteiger partial charge in [0.1, 0.15) is 12.4 Å². The van der Waals surface area contributed by atoms with Crippen LogP contribution in [0.3, 0.4) is 0 Å². The number of carbonyl (C=O) groups is 1. The largest absolute Gasteiger partial charge is 0.491 e. The fourth-order valence-electron chi connectivity index (χ4n) is 2.06. The molecule has 1 amide bonds. The number of rotatable bonds is 1. The van der Waals surface area contributed by atoms with Crippen molar-refractivity contribution in [3.63, 3.8) is 0 Å². The molecule has 104 valence electrons. The maximum absolute atomic E-state index is 11.9. The van der Waals surface area contributed by atoms with Crippen molar-refractivity contribution in [3.8, 4) is 16.9 Å². The zero-order chi connectivity index (χ0) is 14.4. The maximum atomic E-state index is 11.9. The number of hydrogen-bond donors (Lipinski definition) is 1. The Hall–Kier alpha value is -2.29. The lowest BCUT2D eigenvalue weighted by atomic mass is 10.0. The molecule has 0 spiro atoms. The second kappa shape index (κ2) is 6.75. The zero-order valence-electron chi connectivity index (χ0n) is 11.8. The van der Waals surface area contributed by atoms with Crippen molar-refractivity contribution >= 4 is 5.91 Å². The van der Waals surface area contributed by atoms with Crippen molar-refractivity contribution in [2.75, 3.05) is 13.2 Å². The van der Waals surface area contributed by atoms with E-state index < -0.39 is 0 Å². The first-order valence-corrected chi connectivity index (χ1v) is 6.95. The molecule has 2 aromatic carbocycles. The zero-order valence-corrected chi connectivity index (χ0v) is 11.8. The lowest BCUT2D eigenvalue weighted by Gasteiger charge is -2.08. The van der Waals surface area contributed by atoms with E-state index in [2.05, 4.69) is 5.32 Å². The van der Waals surface area contributed by atoms with Crippen molar-refractivity contribution in [2.24, 2.45) is 0 Å². The van der Waals surface area contributed by atoms with Crippen LogP contribution in [0.5, 0.6) is 5.75 Å². The molecule has 2 aromatic rings. The molecule has 1 heterocycles. The molecule has 1 aliphatic heterocycles. The minimum atomic E-state index is -0.0692. The predicted octanol–water partition coefficient (Wildman–Crippen LogP) is 3.50. The molecular formula is C17H19NO2. The molecule has 0 fully saturated rings. The molecule has 0 radical (unpaired) electrons. The van der Waals surface area contributed by atoms with Crippen molar-refractivity contribution in [1.82, 2.24) is 5.32 Å². The number of fused-ring (bicyclic) bond motifs is 1. The summed E-state index contributed by atoms with van der Waals surface area (Å²) < 4.78 is 5.53. The number of carbonyl (C=O) groups excluding carboxylic acids is 1. The summed E-state index contributed by atoms with van der Waals surface area (Å²) in [5.74, 6) is 0.588. The summed E-state index contributed by atoms with van der Waals surface area (Å²) in [4.78, 5) is 11.9. The van der Waals surface area contributed by atoms with Gasteiger partial charge in [-0.2, -0.15) is 0 Å². The summed E-state index contributed by atoms with van der Waals surface area (Å²) in [6, 6.07) is 15.7. The highest BCUT2D eigenvalue weighted by atomic mass is 16.5. The fourth-order valence-corrected chi connectivity index (χ4v) is 2.06. The quantitative estimate of drug-likeness (QED) is 0.860. The lowest BCUT2D eigenvalue weighted by Crippen LogP contribution is -2.24. The van der Waals surface area contributed by atoms with E-state index in [0.717, 1.165) is 11.1 Å². The highest BCUT2D eigenvalue weighted by Gasteiger charge is 2.16. The van der Waals surface area contributed by atoms with Gasteiger partial charge in [-0.15, -0.1) is 0 Å². The third kappa shape index (κ3) is 2.99. The van der Waals surface area contributed by atoms with Gasteiger partial charge < -0.3 is 10.1 Å². The maximum Gasteiger partial charge on any atom is 0.255 e. The first-order chi connectivity index (χ1) is 9.84. The number of nitrogens with one attached hydrogen (secondary N) is 1. The number of hydrogen-bond acceptors (Lipinski definition) is 2. The number of benzene rings is 2. The molecule has 3 rings (SSSR count). The van der Waals surface area contributed by atoms with Crippen LogP contribution in [0.25, 0.3) is 11.1 Å². The van der Waals surface area contributed by atoms with E-state index in [1.54, 1.807) is 0 Å². The molecule has 1 N–H and O–H groups in total. The Morgan fingerprint density at radius 1 is 1.00 bits per heavy atom. The standard InChI is InChI=1S/C15H13NO2.C2H6/c17-15-13-10-12(11-4-2-1-3-5-11)6-7-14(13)18-9-8-16-15;1-2/h1-7,10H,8-9H2,(H,16,17);1-2H3. The molecule has 20 heavy (non-hydrogen) atoms. The Morgan fingerprint density at radius 3 is 2.50 bits per heavy atom. The second-order valence-electron chi connectivity index (χ2n) is 4.18. The molecule has 0 saturated heterocycles. The highest BCUT2D eigenvalue weighted by Crippen LogP contribution is 2.27. The minimum Gasteiger partial charge on any atom is -0.491 e. The van der Waals surface area contributed by atoms with Gasteiger partial charge in [0, 0.05) is 0 Å². The van der Waals surface area contributed by atoms with Crippen LogP contribution in [0.1, 0.15) is 24.2 Å². The van der Waals surface area contributed by atoms with Crippen LogP contribution in [0.2, 0.25) is 0 Å². The summed E-state index contributed by atoms with van der Waals surface area (Å²) in [5.41, 5.74) is 2.72. The first-order valence-electron chi connectivity index (χ1n) is 6.95. The normalized spacial score (nSPS) is 13.0. The Bertz CT molecular complexity index is 579. The Balaban J connectivity index is 0.000000704. The molecule has 1 aliphatic rings. The third-order valence-electron chi connectivity index (χ3n) is 2.98. The van der Waals surface area contributed by atoms with E-state index in [9.17, 15) is 4.79 Å². The van der Waals surface area contributed by atoms with Gasteiger partial charge in [0.05, 0.1) is 12.1 Å². The van der Waals surface area contributed by atoms with Crippen molar-refractivity contribution < 1.29 is 9.53 Å². The molecule has 0 unspecified atom stereocenters. The fraction of sp³-hybridized carbons (Fsp3) is 0.235. The third-order valence-corrected chi connectivity index (χ3v) is 2.98. The molecule has 3 nitrogen and oxygen atoms in total. The van der Waals surface area contributed by atoms with Crippen LogP contribution in [-0.2, 0) is 0 Å². The molecular weight excluding hydrogens is 250 g/mol. The van der Waals surface area contributed by atoms with E-state index in [1.807, 2.05) is 62.4 Å². The molecule has 3 heteroatoms. The summed E-state index contributed by atoms with van der Waals surface area (Å²) >= 11 is 0. The highest BCUT2D eigenvalue weighted by molar-refractivity contribution is 5.98. The average Bonchev–Trinajstić information content (AvgIpc) is 2.72. The van der Waals surface area contributed by atoms with Crippen molar-refractivity contribution in [1.29, 1.82) is 0 Å². The monoisotopic (exact) mass is 269 g/mol. The van der Waals surface area contributed by atoms with E-state index >= 15 is 0 Å². The van der Waals surface area contributed by atoms with Crippen LogP contribution < -0.4 is 10.1 Å². The molecule has 0 saturated carbocycles. The molecule has 0 aromatic heterocycles. The van der Waals surface area contributed by atoms with E-state index in [1.165, 1.54) is 0 Å². The van der Waals surface area contributed by atoms with Crippen molar-refractivity contribution in [2.45, 2.75) is 13.8 Å². The lowest BCUT2D eigenvalue weighted by molar-refractivity contribution is 0.0957. The van der Waals surface area contributed by atoms with Gasteiger partial charge >= 0.3 is 0 Å². The minimum absolute atomic E-state index is 0.0692. The summed E-state index contributed by atoms with van der Waals surface area (Å²) in [6.07, 6.45) is 0. The predicted molar refractivity (Wildman–Crippen MR) is 81.1 cm³/mol. The number of ether oxygens (including phenoxy) is 1. The first kappa shape index (κ1) is 14.1. The van der Waals surface area contributed by atoms with Crippen LogP contribution in [0.15, 0.2) is 48.5 Å². The Labute approximate surface area is 119 Å². The van der Waals surface area contributed by atoms with E-state index in [-0.39, 0.29) is 5.91 Å². The average molecular weight is 269 g/mol. The van der Waals surface area contributed by atoms with Gasteiger partial charge in [-0.1, -0.05) is 50.2 Å². The SMILES string of the molecule is CC.O=C1NCCOc2ccc(-c3ccccc3)cc21. The van der Waals surface area contributed by atoms with Gasteiger partial charge in [0.15, 0.2) is 0 Å². The van der Waals surface area contributed by atoms with Gasteiger partial charge in [0.2, 0.25) is 0 Å². The Kier molecular flexibility index (Phi) is 4.77. The van der Waals surface area contributed by atoms with E-state index in [4.69, 9.17) is 4.74 Å². The second-order valence-corrected chi connectivity index (χ2v) is 4.18. The summed E-state index contributed by atoms with van der Waals surface area (Å²) in [6.45, 7) is 5.07. The molecule has 0 atom stereocenters. The van der Waals surface area contributed by atoms with Gasteiger partial charge in [-0.25, -0.2) is 0 Å².